The summed E-state index contributed by atoms with van der Waals surface area (Å²) in [6.07, 6.45) is 2.63. The molecule has 2 N–H and O–H groups in total. The molecule has 0 aliphatic carbocycles. The zero-order valence-corrected chi connectivity index (χ0v) is 6.45. The molecule has 0 aliphatic heterocycles. The topological polar surface area (TPSA) is 40.5 Å². The van der Waals surface area contributed by atoms with Crippen LogP contribution in [-0.4, -0.2) is 22.4 Å². The van der Waals surface area contributed by atoms with E-state index in [0.717, 1.165) is 12.8 Å². The molecule has 0 aromatic rings. The Hall–Kier alpha value is -0.340. The van der Waals surface area contributed by atoms with Gasteiger partial charge in [-0.05, 0) is 6.42 Å². The Morgan fingerprint density at radius 2 is 2.10 bits per heavy atom. The molecule has 0 radical (unpaired) electrons. The molecule has 2 nitrogen and oxygen atoms in total. The Kier molecular flexibility index (Phi) is 5.26. The Morgan fingerprint density at radius 3 is 2.50 bits per heavy atom. The number of aliphatic hydroxyl groups excluding tert-OH is 2. The smallest absolute Gasteiger partial charge is 0.0742 e. The van der Waals surface area contributed by atoms with E-state index in [1.54, 1.807) is 0 Å². The summed E-state index contributed by atoms with van der Waals surface area (Å²) in [5, 5.41) is 18.1. The van der Waals surface area contributed by atoms with Crippen molar-refractivity contribution in [1.82, 2.24) is 0 Å². The molecule has 2 heteroatoms. The highest BCUT2D eigenvalue weighted by Crippen LogP contribution is 2.04. The minimum absolute atomic E-state index is 0.377. The lowest BCUT2D eigenvalue weighted by Gasteiger charge is -2.10. The number of aliphatic hydroxyl groups is 2. The summed E-state index contributed by atoms with van der Waals surface area (Å²) in [6, 6.07) is 0. The minimum Gasteiger partial charge on any atom is -0.393 e. The van der Waals surface area contributed by atoms with Crippen molar-refractivity contribution >= 4 is 0 Å². The van der Waals surface area contributed by atoms with E-state index in [2.05, 4.69) is 6.58 Å². The normalized spacial score (nSPS) is 16.3. The van der Waals surface area contributed by atoms with Crippen LogP contribution in [0.25, 0.3) is 0 Å². The maximum absolute atomic E-state index is 9.14. The van der Waals surface area contributed by atoms with Crippen molar-refractivity contribution in [2.75, 3.05) is 0 Å². The van der Waals surface area contributed by atoms with Crippen LogP contribution in [0.4, 0.5) is 0 Å². The molecule has 0 saturated heterocycles. The molecule has 2 atom stereocenters. The van der Waals surface area contributed by atoms with E-state index in [0.29, 0.717) is 6.42 Å². The SMILES string of the molecule is C=C[C@@H](O)C[C@H](O)CCC. The lowest BCUT2D eigenvalue weighted by atomic mass is 10.1. The minimum atomic E-state index is -0.554. The molecule has 0 spiro atoms. The van der Waals surface area contributed by atoms with Gasteiger partial charge in [0.1, 0.15) is 0 Å². The Balaban J connectivity index is 3.36. The van der Waals surface area contributed by atoms with Crippen LogP contribution in [0.2, 0.25) is 0 Å². The molecule has 0 unspecified atom stereocenters. The lowest BCUT2D eigenvalue weighted by molar-refractivity contribution is 0.0974. The van der Waals surface area contributed by atoms with Gasteiger partial charge < -0.3 is 10.2 Å². The molecule has 0 heterocycles. The van der Waals surface area contributed by atoms with Crippen molar-refractivity contribution in [2.45, 2.75) is 38.4 Å². The van der Waals surface area contributed by atoms with Gasteiger partial charge in [-0.25, -0.2) is 0 Å². The lowest BCUT2D eigenvalue weighted by Crippen LogP contribution is -2.14. The molecule has 0 amide bonds. The van der Waals surface area contributed by atoms with Gasteiger partial charge in [-0.1, -0.05) is 19.4 Å². The molecule has 0 aromatic carbocycles. The third kappa shape index (κ3) is 4.53. The second kappa shape index (κ2) is 5.45. The molecule has 60 valence electrons. The highest BCUT2D eigenvalue weighted by atomic mass is 16.3. The van der Waals surface area contributed by atoms with Crippen LogP contribution in [0.3, 0.4) is 0 Å². The van der Waals surface area contributed by atoms with Crippen molar-refractivity contribution in [3.8, 4) is 0 Å². The summed E-state index contributed by atoms with van der Waals surface area (Å²) in [7, 11) is 0. The largest absolute Gasteiger partial charge is 0.393 e. The summed E-state index contributed by atoms with van der Waals surface area (Å²) < 4.78 is 0. The van der Waals surface area contributed by atoms with Crippen molar-refractivity contribution in [2.24, 2.45) is 0 Å². The van der Waals surface area contributed by atoms with Gasteiger partial charge in [0.25, 0.3) is 0 Å². The van der Waals surface area contributed by atoms with Crippen LogP contribution in [0.5, 0.6) is 0 Å². The average Bonchev–Trinajstić information content (AvgIpc) is 1.88. The molecule has 0 aliphatic rings. The van der Waals surface area contributed by atoms with Gasteiger partial charge in [-0.15, -0.1) is 6.58 Å². The van der Waals surface area contributed by atoms with Crippen LogP contribution >= 0.6 is 0 Å². The fourth-order valence-corrected chi connectivity index (χ4v) is 0.826. The van der Waals surface area contributed by atoms with Gasteiger partial charge >= 0.3 is 0 Å². The van der Waals surface area contributed by atoms with Crippen molar-refractivity contribution in [3.63, 3.8) is 0 Å². The van der Waals surface area contributed by atoms with Crippen LogP contribution in [0, 0.1) is 0 Å². The highest BCUT2D eigenvalue weighted by Gasteiger charge is 2.06. The van der Waals surface area contributed by atoms with Crippen molar-refractivity contribution in [1.29, 1.82) is 0 Å². The van der Waals surface area contributed by atoms with Crippen LogP contribution in [0.15, 0.2) is 12.7 Å². The van der Waals surface area contributed by atoms with Crippen LogP contribution in [-0.2, 0) is 0 Å². The first-order valence-electron chi connectivity index (χ1n) is 3.69. The van der Waals surface area contributed by atoms with E-state index in [9.17, 15) is 0 Å². The third-order valence-corrected chi connectivity index (χ3v) is 1.41. The molecular formula is C8H16O2. The maximum Gasteiger partial charge on any atom is 0.0742 e. The van der Waals surface area contributed by atoms with Gasteiger partial charge in [0.15, 0.2) is 0 Å². The molecule has 0 aromatic heterocycles. The standard InChI is InChI=1S/C8H16O2/c1-3-5-8(10)6-7(9)4-2/h4,7-10H,2-3,5-6H2,1H3/t7-,8-/m1/s1. The first-order chi connectivity index (χ1) is 4.70. The zero-order chi connectivity index (χ0) is 7.98. The fourth-order valence-electron chi connectivity index (χ4n) is 0.826. The highest BCUT2D eigenvalue weighted by molar-refractivity contribution is 4.79. The molecule has 0 saturated carbocycles. The van der Waals surface area contributed by atoms with Gasteiger partial charge in [-0.3, -0.25) is 0 Å². The number of hydrogen-bond acceptors (Lipinski definition) is 2. The Bertz CT molecular complexity index is 91.3. The molecular weight excluding hydrogens is 128 g/mol. The Labute approximate surface area is 62.2 Å². The van der Waals surface area contributed by atoms with Crippen molar-refractivity contribution < 1.29 is 10.2 Å². The first kappa shape index (κ1) is 9.66. The summed E-state index contributed by atoms with van der Waals surface area (Å²) in [4.78, 5) is 0. The van der Waals surface area contributed by atoms with E-state index in [1.807, 2.05) is 6.92 Å². The van der Waals surface area contributed by atoms with Gasteiger partial charge in [0.05, 0.1) is 12.2 Å². The average molecular weight is 144 g/mol. The molecule has 0 fully saturated rings. The third-order valence-electron chi connectivity index (χ3n) is 1.41. The van der Waals surface area contributed by atoms with E-state index in [4.69, 9.17) is 10.2 Å². The van der Waals surface area contributed by atoms with E-state index in [1.165, 1.54) is 6.08 Å². The van der Waals surface area contributed by atoms with Gasteiger partial charge in [0, 0.05) is 6.42 Å². The van der Waals surface area contributed by atoms with Crippen LogP contribution in [0.1, 0.15) is 26.2 Å². The second-order valence-electron chi connectivity index (χ2n) is 2.48. The maximum atomic E-state index is 9.14. The van der Waals surface area contributed by atoms with Crippen LogP contribution < -0.4 is 0 Å². The molecule has 10 heavy (non-hydrogen) atoms. The summed E-state index contributed by atoms with van der Waals surface area (Å²) in [6.45, 7) is 5.42. The van der Waals surface area contributed by atoms with Crippen molar-refractivity contribution in [3.05, 3.63) is 12.7 Å². The van der Waals surface area contributed by atoms with E-state index >= 15 is 0 Å². The predicted molar refractivity (Wildman–Crippen MR) is 41.7 cm³/mol. The summed E-state index contributed by atoms with van der Waals surface area (Å²) in [5.41, 5.74) is 0. The Morgan fingerprint density at radius 1 is 1.50 bits per heavy atom. The zero-order valence-electron chi connectivity index (χ0n) is 6.45. The van der Waals surface area contributed by atoms with E-state index < -0.39 is 6.10 Å². The molecule has 0 rings (SSSR count). The monoisotopic (exact) mass is 144 g/mol. The number of hydrogen-bond donors (Lipinski definition) is 2. The molecule has 0 bridgehead atoms. The first-order valence-corrected chi connectivity index (χ1v) is 3.69. The number of rotatable bonds is 5. The van der Waals surface area contributed by atoms with Gasteiger partial charge in [0.2, 0.25) is 0 Å². The fraction of sp³-hybridized carbons (Fsp3) is 0.750. The summed E-state index contributed by atoms with van der Waals surface area (Å²) >= 11 is 0. The predicted octanol–water partition coefficient (Wildman–Crippen LogP) is 1.08. The van der Waals surface area contributed by atoms with E-state index in [-0.39, 0.29) is 6.10 Å². The van der Waals surface area contributed by atoms with Gasteiger partial charge in [-0.2, -0.15) is 0 Å². The summed E-state index contributed by atoms with van der Waals surface area (Å²) in [5.74, 6) is 0. The quantitative estimate of drug-likeness (QED) is 0.567. The second-order valence-corrected chi connectivity index (χ2v) is 2.48.